The molecule has 0 radical (unpaired) electrons. The summed E-state index contributed by atoms with van der Waals surface area (Å²) in [4.78, 5) is 16.6. The lowest BCUT2D eigenvalue weighted by Gasteiger charge is -2.14. The molecule has 102 valence electrons. The maximum absolute atomic E-state index is 11.9. The van der Waals surface area contributed by atoms with Crippen molar-refractivity contribution in [2.45, 2.75) is 6.29 Å². The molecule has 6 heteroatoms. The summed E-state index contributed by atoms with van der Waals surface area (Å²) < 4.78 is 10.9. The summed E-state index contributed by atoms with van der Waals surface area (Å²) in [6.07, 6.45) is -0.470. The van der Waals surface area contributed by atoms with Crippen molar-refractivity contribution < 1.29 is 19.1 Å². The zero-order valence-corrected chi connectivity index (χ0v) is 10.9. The second-order valence-corrected chi connectivity index (χ2v) is 3.86. The summed E-state index contributed by atoms with van der Waals surface area (Å²) in [5, 5.41) is 6.33. The molecule has 0 spiro atoms. The smallest absolute Gasteiger partial charge is 0.273 e. The van der Waals surface area contributed by atoms with Crippen LogP contribution < -0.4 is 5.32 Å². The van der Waals surface area contributed by atoms with Crippen molar-refractivity contribution in [3.8, 4) is 0 Å². The second-order valence-electron chi connectivity index (χ2n) is 3.86. The van der Waals surface area contributed by atoms with E-state index in [4.69, 9.17) is 14.3 Å². The van der Waals surface area contributed by atoms with Crippen LogP contribution in [0.15, 0.2) is 29.4 Å². The van der Waals surface area contributed by atoms with Crippen molar-refractivity contribution in [2.75, 3.05) is 27.4 Å². The number of rotatable bonds is 4. The molecule has 2 rings (SSSR count). The van der Waals surface area contributed by atoms with Gasteiger partial charge < -0.3 is 19.6 Å². The molecular weight excluding hydrogens is 248 g/mol. The molecule has 19 heavy (non-hydrogen) atoms. The van der Waals surface area contributed by atoms with Gasteiger partial charge in [0, 0.05) is 18.2 Å². The number of likely N-dealkylation sites (N-methyl/N-ethyl adjacent to an activating group) is 1. The highest BCUT2D eigenvalue weighted by atomic mass is 16.7. The van der Waals surface area contributed by atoms with Crippen LogP contribution in [0.4, 0.5) is 0 Å². The fourth-order valence-corrected chi connectivity index (χ4v) is 1.88. The number of ether oxygens (including phenoxy) is 2. The van der Waals surface area contributed by atoms with E-state index in [1.54, 1.807) is 13.1 Å². The molecule has 0 saturated carbocycles. The average molecular weight is 264 g/mol. The average Bonchev–Trinajstić information content (AvgIpc) is 2.98. The van der Waals surface area contributed by atoms with E-state index in [1.165, 1.54) is 7.11 Å². The normalized spacial score (nSPS) is 16.4. The minimum absolute atomic E-state index is 0.194. The minimum Gasteiger partial charge on any atom is -0.398 e. The first-order chi connectivity index (χ1) is 9.27. The van der Waals surface area contributed by atoms with Crippen molar-refractivity contribution in [1.29, 1.82) is 0 Å². The van der Waals surface area contributed by atoms with Gasteiger partial charge in [0.1, 0.15) is 7.11 Å². The predicted molar refractivity (Wildman–Crippen MR) is 68.7 cm³/mol. The number of hydrogen-bond donors (Lipinski definition) is 1. The van der Waals surface area contributed by atoms with Gasteiger partial charge in [0.05, 0.1) is 13.2 Å². The largest absolute Gasteiger partial charge is 0.398 e. The van der Waals surface area contributed by atoms with Crippen LogP contribution in [-0.4, -0.2) is 39.0 Å². The number of carbonyl (C=O) groups is 1. The van der Waals surface area contributed by atoms with Gasteiger partial charge in [0.2, 0.25) is 0 Å². The highest BCUT2D eigenvalue weighted by Crippen LogP contribution is 2.26. The van der Waals surface area contributed by atoms with E-state index in [1.807, 2.05) is 18.2 Å². The Morgan fingerprint density at radius 2 is 2.05 bits per heavy atom. The minimum atomic E-state index is -0.470. The molecule has 1 aromatic carbocycles. The number of nitrogens with one attached hydrogen (secondary N) is 1. The van der Waals surface area contributed by atoms with Gasteiger partial charge in [0.25, 0.3) is 5.91 Å². The Hall–Kier alpha value is -1.92. The molecule has 1 aliphatic rings. The summed E-state index contributed by atoms with van der Waals surface area (Å²) in [6.45, 7) is 1.07. The number of nitrogens with zero attached hydrogens (tertiary/aromatic N) is 1. The van der Waals surface area contributed by atoms with Gasteiger partial charge >= 0.3 is 0 Å². The summed E-state index contributed by atoms with van der Waals surface area (Å²) in [6, 6.07) is 7.31. The van der Waals surface area contributed by atoms with Gasteiger partial charge in [-0.1, -0.05) is 29.4 Å². The van der Waals surface area contributed by atoms with Crippen LogP contribution in [0.5, 0.6) is 0 Å². The number of oxime groups is 1. The SMILES string of the molecule is CNC(=O)/C(=N\OC)c1ccccc1C1OCCO1. The molecule has 0 bridgehead atoms. The van der Waals surface area contributed by atoms with Gasteiger partial charge in [-0.2, -0.15) is 0 Å². The first-order valence-electron chi connectivity index (χ1n) is 5.93. The lowest BCUT2D eigenvalue weighted by Crippen LogP contribution is -2.29. The van der Waals surface area contributed by atoms with Gasteiger partial charge in [-0.3, -0.25) is 4.79 Å². The van der Waals surface area contributed by atoms with Crippen LogP contribution in [0.1, 0.15) is 17.4 Å². The van der Waals surface area contributed by atoms with Crippen LogP contribution in [0, 0.1) is 0 Å². The number of carbonyl (C=O) groups excluding carboxylic acids is 1. The van der Waals surface area contributed by atoms with Crippen LogP contribution in [0.2, 0.25) is 0 Å². The molecule has 6 nitrogen and oxygen atoms in total. The third-order valence-corrected chi connectivity index (χ3v) is 2.72. The summed E-state index contributed by atoms with van der Waals surface area (Å²) >= 11 is 0. The first-order valence-corrected chi connectivity index (χ1v) is 5.93. The lowest BCUT2D eigenvalue weighted by molar-refractivity contribution is -0.114. The van der Waals surface area contributed by atoms with Gasteiger partial charge in [-0.15, -0.1) is 0 Å². The Balaban J connectivity index is 2.42. The highest BCUT2D eigenvalue weighted by molar-refractivity contribution is 6.45. The summed E-state index contributed by atoms with van der Waals surface area (Å²) in [5.74, 6) is -0.327. The lowest BCUT2D eigenvalue weighted by atomic mass is 10.0. The number of amides is 1. The molecule has 1 aliphatic heterocycles. The zero-order valence-electron chi connectivity index (χ0n) is 10.9. The molecule has 1 amide bonds. The van der Waals surface area contributed by atoms with Crippen LogP contribution >= 0.6 is 0 Å². The standard InChI is InChI=1S/C13H16N2O4/c1-14-12(16)11(15-17-2)9-5-3-4-6-10(9)13-18-7-8-19-13/h3-6,13H,7-8H2,1-2H3,(H,14,16)/b15-11-. The van der Waals surface area contributed by atoms with E-state index in [2.05, 4.69) is 10.5 Å². The van der Waals surface area contributed by atoms with Gasteiger partial charge in [0.15, 0.2) is 12.0 Å². The zero-order chi connectivity index (χ0) is 13.7. The third kappa shape index (κ3) is 2.91. The van der Waals surface area contributed by atoms with Crippen molar-refractivity contribution in [1.82, 2.24) is 5.32 Å². The molecule has 1 heterocycles. The van der Waals surface area contributed by atoms with Crippen LogP contribution in [0.25, 0.3) is 0 Å². The highest BCUT2D eigenvalue weighted by Gasteiger charge is 2.25. The third-order valence-electron chi connectivity index (χ3n) is 2.72. The van der Waals surface area contributed by atoms with E-state index >= 15 is 0 Å². The topological polar surface area (TPSA) is 69.2 Å². The van der Waals surface area contributed by atoms with E-state index in [-0.39, 0.29) is 11.6 Å². The maximum atomic E-state index is 11.9. The van der Waals surface area contributed by atoms with E-state index in [0.29, 0.717) is 18.8 Å². The number of benzene rings is 1. The van der Waals surface area contributed by atoms with Gasteiger partial charge in [-0.05, 0) is 0 Å². The molecule has 1 saturated heterocycles. The van der Waals surface area contributed by atoms with Crippen molar-refractivity contribution in [2.24, 2.45) is 5.16 Å². The molecule has 1 fully saturated rings. The Labute approximate surface area is 111 Å². The quantitative estimate of drug-likeness (QED) is 0.646. The molecule has 1 aromatic rings. The first kappa shape index (κ1) is 13.5. The summed E-state index contributed by atoms with van der Waals surface area (Å²) in [7, 11) is 2.94. The molecule has 0 aliphatic carbocycles. The van der Waals surface area contributed by atoms with Crippen LogP contribution in [0.3, 0.4) is 0 Å². The predicted octanol–water partition coefficient (Wildman–Crippen LogP) is 0.828. The molecule has 0 unspecified atom stereocenters. The Kier molecular flexibility index (Phi) is 4.48. The van der Waals surface area contributed by atoms with E-state index in [9.17, 15) is 4.79 Å². The second kappa shape index (κ2) is 6.31. The fraction of sp³-hybridized carbons (Fsp3) is 0.385. The molecule has 0 atom stereocenters. The maximum Gasteiger partial charge on any atom is 0.273 e. The molecular formula is C13H16N2O4. The van der Waals surface area contributed by atoms with Gasteiger partial charge in [-0.25, -0.2) is 0 Å². The van der Waals surface area contributed by atoms with E-state index in [0.717, 1.165) is 5.56 Å². The monoisotopic (exact) mass is 264 g/mol. The van der Waals surface area contributed by atoms with Crippen molar-refractivity contribution in [3.05, 3.63) is 35.4 Å². The molecule has 1 N–H and O–H groups in total. The Bertz CT molecular complexity index is 481. The van der Waals surface area contributed by atoms with Crippen LogP contribution in [-0.2, 0) is 19.1 Å². The van der Waals surface area contributed by atoms with E-state index < -0.39 is 6.29 Å². The number of hydrogen-bond acceptors (Lipinski definition) is 5. The summed E-state index contributed by atoms with van der Waals surface area (Å²) in [5.41, 5.74) is 1.59. The van der Waals surface area contributed by atoms with Crippen molar-refractivity contribution in [3.63, 3.8) is 0 Å². The Morgan fingerprint density at radius 1 is 1.37 bits per heavy atom. The fourth-order valence-electron chi connectivity index (χ4n) is 1.88. The van der Waals surface area contributed by atoms with Crippen molar-refractivity contribution >= 4 is 11.6 Å². The Morgan fingerprint density at radius 3 is 2.68 bits per heavy atom. The molecule has 0 aromatic heterocycles.